The lowest BCUT2D eigenvalue weighted by atomic mass is 10.0. The predicted molar refractivity (Wildman–Crippen MR) is 114 cm³/mol. The molecule has 1 fully saturated rings. The number of hydrogen-bond donors (Lipinski definition) is 1. The third-order valence-corrected chi connectivity index (χ3v) is 6.90. The van der Waals surface area contributed by atoms with E-state index in [1.807, 2.05) is 4.90 Å². The Balaban J connectivity index is 1.59. The van der Waals surface area contributed by atoms with Gasteiger partial charge >= 0.3 is 0 Å². The van der Waals surface area contributed by atoms with Crippen molar-refractivity contribution in [3.8, 4) is 0 Å². The molecule has 0 radical (unpaired) electrons. The van der Waals surface area contributed by atoms with Crippen LogP contribution < -0.4 is 5.32 Å². The molecule has 2 aromatic rings. The second-order valence-corrected chi connectivity index (χ2v) is 9.16. The maximum atomic E-state index is 12.9. The van der Waals surface area contributed by atoms with Crippen LogP contribution >= 0.6 is 22.7 Å². The van der Waals surface area contributed by atoms with Crippen LogP contribution in [0.25, 0.3) is 0 Å². The molecule has 154 valence electrons. The number of thiophene rings is 2. The molecule has 1 aliphatic heterocycles. The van der Waals surface area contributed by atoms with Crippen LogP contribution in [-0.2, 0) is 0 Å². The first-order valence-electron chi connectivity index (χ1n) is 9.61. The number of carbonyl (C=O) groups is 4. The van der Waals surface area contributed by atoms with Gasteiger partial charge < -0.3 is 10.2 Å². The fraction of sp³-hybridized carbons (Fsp3) is 0.429. The van der Waals surface area contributed by atoms with Crippen LogP contribution in [0.5, 0.6) is 0 Å². The van der Waals surface area contributed by atoms with Gasteiger partial charge in [0.2, 0.25) is 0 Å². The molecule has 29 heavy (non-hydrogen) atoms. The molecule has 0 saturated carbocycles. The van der Waals surface area contributed by atoms with E-state index in [-0.39, 0.29) is 29.3 Å². The SMILES string of the molecule is CC(=O)c1csc(C(=O)NCC2CCCCN(C(=O)c3cc(C(C)=O)cs3)C2)c1. The molecule has 0 spiro atoms. The van der Waals surface area contributed by atoms with Crippen LogP contribution in [-0.4, -0.2) is 47.9 Å². The van der Waals surface area contributed by atoms with Crippen molar-refractivity contribution in [1.29, 1.82) is 0 Å². The van der Waals surface area contributed by atoms with Gasteiger partial charge in [-0.25, -0.2) is 0 Å². The van der Waals surface area contributed by atoms with Gasteiger partial charge in [0.15, 0.2) is 11.6 Å². The summed E-state index contributed by atoms with van der Waals surface area (Å²) in [5.41, 5.74) is 1.12. The van der Waals surface area contributed by atoms with E-state index < -0.39 is 0 Å². The first-order chi connectivity index (χ1) is 13.8. The van der Waals surface area contributed by atoms with E-state index in [9.17, 15) is 19.2 Å². The van der Waals surface area contributed by atoms with Crippen molar-refractivity contribution in [2.24, 2.45) is 5.92 Å². The summed E-state index contributed by atoms with van der Waals surface area (Å²) in [7, 11) is 0. The Bertz CT molecular complexity index is 931. The highest BCUT2D eigenvalue weighted by Crippen LogP contribution is 2.22. The quantitative estimate of drug-likeness (QED) is 0.702. The summed E-state index contributed by atoms with van der Waals surface area (Å²) in [5.74, 6) is -0.165. The summed E-state index contributed by atoms with van der Waals surface area (Å²) < 4.78 is 0. The van der Waals surface area contributed by atoms with E-state index in [1.54, 1.807) is 22.9 Å². The highest BCUT2D eigenvalue weighted by Gasteiger charge is 2.25. The number of carbonyl (C=O) groups excluding carboxylic acids is 4. The summed E-state index contributed by atoms with van der Waals surface area (Å²) >= 11 is 2.56. The van der Waals surface area contributed by atoms with Gasteiger partial charge in [0.1, 0.15) is 0 Å². The summed E-state index contributed by atoms with van der Waals surface area (Å²) in [6, 6.07) is 3.29. The fourth-order valence-corrected chi connectivity index (χ4v) is 5.11. The number of amides is 2. The number of hydrogen-bond acceptors (Lipinski definition) is 6. The smallest absolute Gasteiger partial charge is 0.263 e. The molecular weight excluding hydrogens is 408 g/mol. The molecule has 3 rings (SSSR count). The van der Waals surface area contributed by atoms with E-state index in [0.717, 1.165) is 19.3 Å². The molecular formula is C21H24N2O4S2. The molecule has 1 unspecified atom stereocenters. The Morgan fingerprint density at radius 3 is 2.24 bits per heavy atom. The van der Waals surface area contributed by atoms with E-state index in [0.29, 0.717) is 40.5 Å². The van der Waals surface area contributed by atoms with Gasteiger partial charge in [-0.3, -0.25) is 19.2 Å². The Morgan fingerprint density at radius 1 is 1.00 bits per heavy atom. The highest BCUT2D eigenvalue weighted by atomic mass is 32.1. The summed E-state index contributed by atoms with van der Waals surface area (Å²) in [5, 5.41) is 6.36. The van der Waals surface area contributed by atoms with Gasteiger partial charge in [0, 0.05) is 41.5 Å². The number of ketones is 2. The third-order valence-electron chi connectivity index (χ3n) is 5.05. The van der Waals surface area contributed by atoms with E-state index in [2.05, 4.69) is 5.32 Å². The Kier molecular flexibility index (Phi) is 6.97. The molecule has 1 atom stereocenters. The van der Waals surface area contributed by atoms with Crippen molar-refractivity contribution in [2.75, 3.05) is 19.6 Å². The molecule has 8 heteroatoms. The summed E-state index contributed by atoms with van der Waals surface area (Å²) in [4.78, 5) is 51.1. The lowest BCUT2D eigenvalue weighted by molar-refractivity contribution is 0.0744. The first-order valence-corrected chi connectivity index (χ1v) is 11.4. The van der Waals surface area contributed by atoms with Gasteiger partial charge in [-0.05, 0) is 44.7 Å². The van der Waals surface area contributed by atoms with Crippen LogP contribution in [0.4, 0.5) is 0 Å². The molecule has 1 aliphatic rings. The van der Waals surface area contributed by atoms with Crippen molar-refractivity contribution >= 4 is 46.1 Å². The number of Topliss-reactive ketones (excluding diaryl/α,β-unsaturated/α-hetero) is 2. The lowest BCUT2D eigenvalue weighted by Crippen LogP contribution is -2.38. The number of rotatable bonds is 6. The molecule has 2 aromatic heterocycles. The molecule has 0 aromatic carbocycles. The molecule has 2 amide bonds. The Morgan fingerprint density at radius 2 is 1.62 bits per heavy atom. The zero-order valence-corrected chi connectivity index (χ0v) is 18.2. The predicted octanol–water partition coefficient (Wildman–Crippen LogP) is 3.89. The highest BCUT2D eigenvalue weighted by molar-refractivity contribution is 7.12. The average Bonchev–Trinajstić information content (AvgIpc) is 3.32. The molecule has 0 bridgehead atoms. The van der Waals surface area contributed by atoms with Crippen LogP contribution in [0, 0.1) is 5.92 Å². The molecule has 6 nitrogen and oxygen atoms in total. The topological polar surface area (TPSA) is 83.6 Å². The number of nitrogens with one attached hydrogen (secondary N) is 1. The van der Waals surface area contributed by atoms with Crippen LogP contribution in [0.2, 0.25) is 0 Å². The zero-order valence-electron chi connectivity index (χ0n) is 16.5. The minimum Gasteiger partial charge on any atom is -0.351 e. The van der Waals surface area contributed by atoms with E-state index in [4.69, 9.17) is 0 Å². The van der Waals surface area contributed by atoms with Crippen molar-refractivity contribution in [3.05, 3.63) is 43.8 Å². The second-order valence-electron chi connectivity index (χ2n) is 7.33. The van der Waals surface area contributed by atoms with E-state index >= 15 is 0 Å². The molecule has 0 aliphatic carbocycles. The fourth-order valence-electron chi connectivity index (χ4n) is 3.33. The van der Waals surface area contributed by atoms with Crippen molar-refractivity contribution < 1.29 is 19.2 Å². The zero-order chi connectivity index (χ0) is 21.0. The molecule has 1 N–H and O–H groups in total. The maximum absolute atomic E-state index is 12.9. The normalized spacial score (nSPS) is 16.9. The molecule has 3 heterocycles. The lowest BCUT2D eigenvalue weighted by Gasteiger charge is -2.24. The van der Waals surface area contributed by atoms with Crippen molar-refractivity contribution in [1.82, 2.24) is 10.2 Å². The van der Waals surface area contributed by atoms with Crippen LogP contribution in [0.3, 0.4) is 0 Å². The van der Waals surface area contributed by atoms with Gasteiger partial charge in [0.05, 0.1) is 9.75 Å². The van der Waals surface area contributed by atoms with Gasteiger partial charge in [0.25, 0.3) is 11.8 Å². The maximum Gasteiger partial charge on any atom is 0.263 e. The van der Waals surface area contributed by atoms with Gasteiger partial charge in [-0.15, -0.1) is 22.7 Å². The number of likely N-dealkylation sites (tertiary alicyclic amines) is 1. The average molecular weight is 433 g/mol. The van der Waals surface area contributed by atoms with Crippen LogP contribution in [0.15, 0.2) is 22.9 Å². The second kappa shape index (κ2) is 9.45. The monoisotopic (exact) mass is 432 g/mol. The van der Waals surface area contributed by atoms with Crippen molar-refractivity contribution in [2.45, 2.75) is 33.1 Å². The largest absolute Gasteiger partial charge is 0.351 e. The standard InChI is InChI=1S/C21H24N2O4S2/c1-13(24)16-7-18(28-11-16)20(26)22-9-15-5-3-4-6-23(10-15)21(27)19-8-17(12-29-19)14(2)25/h7-8,11-12,15H,3-6,9-10H2,1-2H3,(H,22,26). The van der Waals surface area contributed by atoms with E-state index in [1.165, 1.54) is 36.5 Å². The van der Waals surface area contributed by atoms with Crippen LogP contribution in [0.1, 0.15) is 73.2 Å². The summed E-state index contributed by atoms with van der Waals surface area (Å²) in [6.07, 6.45) is 2.87. The summed E-state index contributed by atoms with van der Waals surface area (Å²) in [6.45, 7) is 4.72. The Hall–Kier alpha value is -2.32. The third kappa shape index (κ3) is 5.39. The minimum atomic E-state index is -0.186. The first kappa shape index (κ1) is 21.4. The number of nitrogens with zero attached hydrogens (tertiary/aromatic N) is 1. The Labute approximate surface area is 177 Å². The van der Waals surface area contributed by atoms with Crippen molar-refractivity contribution in [3.63, 3.8) is 0 Å². The van der Waals surface area contributed by atoms with Gasteiger partial charge in [-0.1, -0.05) is 6.42 Å². The molecule has 1 saturated heterocycles. The van der Waals surface area contributed by atoms with Gasteiger partial charge in [-0.2, -0.15) is 0 Å². The minimum absolute atomic E-state index is 0.0433.